The number of hydrogen-bond donors (Lipinski definition) is 3. The van der Waals surface area contributed by atoms with Gasteiger partial charge in [-0.25, -0.2) is 4.39 Å². The van der Waals surface area contributed by atoms with Crippen LogP contribution in [-0.2, 0) is 11.4 Å². The minimum atomic E-state index is -0.330. The van der Waals surface area contributed by atoms with Crippen LogP contribution in [0.1, 0.15) is 0 Å². The maximum atomic E-state index is 13.0. The number of nitrogens with one attached hydrogen (secondary N) is 2. The third-order valence-electron chi connectivity index (χ3n) is 4.84. The fraction of sp³-hybridized carbons (Fsp3) is 0.250. The molecule has 1 aliphatic rings. The Morgan fingerprint density at radius 3 is 2.66 bits per heavy atom. The van der Waals surface area contributed by atoms with Gasteiger partial charge in [0.2, 0.25) is 11.0 Å². The van der Waals surface area contributed by atoms with Gasteiger partial charge in [0, 0.05) is 11.1 Å². The number of thiocarbonyl (C=S) groups is 1. The van der Waals surface area contributed by atoms with E-state index in [1.54, 1.807) is 12.1 Å². The largest absolute Gasteiger partial charge is 0.493 e. The van der Waals surface area contributed by atoms with Crippen LogP contribution in [0.15, 0.2) is 58.8 Å². The second-order valence-electron chi connectivity index (χ2n) is 6.77. The molecule has 1 fully saturated rings. The topological polar surface area (TPSA) is 75.6 Å². The van der Waals surface area contributed by atoms with E-state index in [0.29, 0.717) is 31.3 Å². The maximum Gasteiger partial charge on any atom is 0.225 e. The number of azo groups is 1. The van der Waals surface area contributed by atoms with Crippen molar-refractivity contribution in [2.24, 2.45) is 10.2 Å². The lowest BCUT2D eigenvalue weighted by Gasteiger charge is -2.24. The summed E-state index contributed by atoms with van der Waals surface area (Å²) in [5.74, 6) is -0.276. The molecule has 150 valence electrons. The van der Waals surface area contributed by atoms with Crippen molar-refractivity contribution in [3.63, 3.8) is 0 Å². The van der Waals surface area contributed by atoms with Crippen LogP contribution in [0.4, 0.5) is 15.8 Å². The fourth-order valence-corrected chi connectivity index (χ4v) is 3.51. The van der Waals surface area contributed by atoms with E-state index in [2.05, 4.69) is 15.5 Å². The number of quaternary nitrogens is 1. The van der Waals surface area contributed by atoms with Crippen LogP contribution in [0.25, 0.3) is 10.9 Å². The summed E-state index contributed by atoms with van der Waals surface area (Å²) in [6.45, 7) is 3.81. The molecule has 1 aliphatic heterocycles. The first-order chi connectivity index (χ1) is 14.1. The Labute approximate surface area is 172 Å². The molecule has 0 unspecified atom stereocenters. The van der Waals surface area contributed by atoms with Crippen molar-refractivity contribution < 1.29 is 19.1 Å². The van der Waals surface area contributed by atoms with E-state index in [1.807, 2.05) is 28.8 Å². The van der Waals surface area contributed by atoms with Gasteiger partial charge in [0.05, 0.1) is 18.7 Å². The number of morpholine rings is 1. The van der Waals surface area contributed by atoms with Gasteiger partial charge in [0.1, 0.15) is 18.9 Å². The number of hydrogen-bond acceptors (Lipinski definition) is 4. The minimum absolute atomic E-state index is 0.0542. The SMILES string of the molecule is Oc1c(N=NC(=S)Nc2ccc(F)cc2)c2ccccc2n1C[NH+]1CCOCC1. The Morgan fingerprint density at radius 1 is 1.17 bits per heavy atom. The molecule has 9 heteroatoms. The maximum absolute atomic E-state index is 13.0. The number of halogens is 1. The molecule has 0 amide bonds. The Hall–Kier alpha value is -2.88. The second-order valence-corrected chi connectivity index (χ2v) is 7.16. The highest BCUT2D eigenvalue weighted by molar-refractivity contribution is 7.80. The summed E-state index contributed by atoms with van der Waals surface area (Å²) in [6.07, 6.45) is 0. The first-order valence-corrected chi connectivity index (χ1v) is 9.72. The first kappa shape index (κ1) is 19.4. The first-order valence-electron chi connectivity index (χ1n) is 9.31. The van der Waals surface area contributed by atoms with Gasteiger partial charge in [-0.2, -0.15) is 0 Å². The summed E-state index contributed by atoms with van der Waals surface area (Å²) in [5, 5.41) is 22.9. The normalized spacial score (nSPS) is 15.2. The molecule has 0 aliphatic carbocycles. The highest BCUT2D eigenvalue weighted by Crippen LogP contribution is 2.38. The molecule has 3 aromatic rings. The van der Waals surface area contributed by atoms with Crippen LogP contribution in [0.5, 0.6) is 5.88 Å². The molecule has 0 saturated carbocycles. The monoisotopic (exact) mass is 414 g/mol. The number of benzene rings is 2. The molecule has 0 bridgehead atoms. The van der Waals surface area contributed by atoms with Crippen molar-refractivity contribution in [2.45, 2.75) is 6.67 Å². The predicted octanol–water partition coefficient (Wildman–Crippen LogP) is 2.84. The third-order valence-corrected chi connectivity index (χ3v) is 5.02. The van der Waals surface area contributed by atoms with E-state index in [0.717, 1.165) is 24.0 Å². The van der Waals surface area contributed by atoms with Crippen molar-refractivity contribution in [3.8, 4) is 5.88 Å². The van der Waals surface area contributed by atoms with Crippen molar-refractivity contribution in [1.29, 1.82) is 0 Å². The van der Waals surface area contributed by atoms with E-state index >= 15 is 0 Å². The van der Waals surface area contributed by atoms with E-state index in [9.17, 15) is 9.50 Å². The minimum Gasteiger partial charge on any atom is -0.493 e. The average Bonchev–Trinajstić information content (AvgIpc) is 3.00. The van der Waals surface area contributed by atoms with Crippen LogP contribution in [0.2, 0.25) is 0 Å². The molecule has 0 atom stereocenters. The van der Waals surface area contributed by atoms with Crippen LogP contribution in [-0.4, -0.2) is 41.1 Å². The third kappa shape index (κ3) is 4.42. The summed E-state index contributed by atoms with van der Waals surface area (Å²) in [4.78, 5) is 1.32. The van der Waals surface area contributed by atoms with E-state index < -0.39 is 0 Å². The zero-order valence-electron chi connectivity index (χ0n) is 15.6. The lowest BCUT2D eigenvalue weighted by molar-refractivity contribution is -0.930. The Morgan fingerprint density at radius 2 is 1.90 bits per heavy atom. The molecule has 7 nitrogen and oxygen atoms in total. The number of aromatic nitrogens is 1. The zero-order chi connectivity index (χ0) is 20.2. The van der Waals surface area contributed by atoms with Crippen molar-refractivity contribution in [3.05, 3.63) is 54.3 Å². The van der Waals surface area contributed by atoms with Crippen molar-refractivity contribution in [1.82, 2.24) is 4.57 Å². The molecule has 0 radical (unpaired) electrons. The number of nitrogens with zero attached hydrogens (tertiary/aromatic N) is 3. The summed E-state index contributed by atoms with van der Waals surface area (Å²) < 4.78 is 20.3. The van der Waals surface area contributed by atoms with Gasteiger partial charge in [-0.05, 0) is 42.5 Å². The number of ether oxygens (including phenoxy) is 1. The van der Waals surface area contributed by atoms with Gasteiger partial charge in [-0.3, -0.25) is 4.57 Å². The van der Waals surface area contributed by atoms with Crippen molar-refractivity contribution >= 4 is 39.6 Å². The van der Waals surface area contributed by atoms with E-state index in [1.165, 1.54) is 17.0 Å². The molecule has 1 saturated heterocycles. The Bertz CT molecular complexity index is 1040. The standard InChI is InChI=1S/C20H20FN5O2S/c21-14-5-7-15(8-6-14)22-20(29)24-23-18-16-3-1-2-4-17(16)26(19(18)27)13-25-9-11-28-12-10-25/h1-8,27H,9-13H2,(H,22,29)/p+1. The molecule has 2 aromatic carbocycles. The van der Waals surface area contributed by atoms with Gasteiger partial charge in [0.25, 0.3) is 0 Å². The number of para-hydroxylation sites is 1. The quantitative estimate of drug-likeness (QED) is 0.453. The van der Waals surface area contributed by atoms with Crippen LogP contribution in [0, 0.1) is 5.82 Å². The Kier molecular flexibility index (Phi) is 5.79. The van der Waals surface area contributed by atoms with Crippen LogP contribution in [0.3, 0.4) is 0 Å². The summed E-state index contributed by atoms with van der Waals surface area (Å²) in [7, 11) is 0. The summed E-state index contributed by atoms with van der Waals surface area (Å²) >= 11 is 5.20. The lowest BCUT2D eigenvalue weighted by atomic mass is 10.2. The zero-order valence-corrected chi connectivity index (χ0v) is 16.5. The van der Waals surface area contributed by atoms with E-state index in [-0.39, 0.29) is 16.8 Å². The molecule has 3 N–H and O–H groups in total. The number of aromatic hydroxyl groups is 1. The van der Waals surface area contributed by atoms with Gasteiger partial charge in [0.15, 0.2) is 12.4 Å². The predicted molar refractivity (Wildman–Crippen MR) is 112 cm³/mol. The highest BCUT2D eigenvalue weighted by Gasteiger charge is 2.21. The fourth-order valence-electron chi connectivity index (χ4n) is 3.35. The smallest absolute Gasteiger partial charge is 0.225 e. The van der Waals surface area contributed by atoms with Crippen LogP contribution >= 0.6 is 12.2 Å². The number of fused-ring (bicyclic) bond motifs is 1. The molecule has 29 heavy (non-hydrogen) atoms. The molecule has 0 spiro atoms. The average molecular weight is 414 g/mol. The van der Waals surface area contributed by atoms with Gasteiger partial charge in [-0.1, -0.05) is 18.2 Å². The molecule has 1 aromatic heterocycles. The molecular formula is C20H21FN5O2S+. The van der Waals surface area contributed by atoms with Gasteiger partial charge < -0.3 is 20.1 Å². The molecule has 4 rings (SSSR count). The van der Waals surface area contributed by atoms with Gasteiger partial charge >= 0.3 is 0 Å². The lowest BCUT2D eigenvalue weighted by Crippen LogP contribution is -3.13. The van der Waals surface area contributed by atoms with E-state index in [4.69, 9.17) is 17.0 Å². The second kappa shape index (κ2) is 8.64. The summed E-state index contributed by atoms with van der Waals surface area (Å²) in [5.41, 5.74) is 1.87. The number of rotatable bonds is 4. The summed E-state index contributed by atoms with van der Waals surface area (Å²) in [6, 6.07) is 13.4. The van der Waals surface area contributed by atoms with Crippen molar-refractivity contribution in [2.75, 3.05) is 31.6 Å². The number of anilines is 1. The Balaban J connectivity index is 1.58. The highest BCUT2D eigenvalue weighted by atomic mass is 32.1. The van der Waals surface area contributed by atoms with Gasteiger partial charge in [-0.15, -0.1) is 10.2 Å². The molecule has 2 heterocycles. The van der Waals surface area contributed by atoms with Crippen LogP contribution < -0.4 is 10.2 Å². The molecular weight excluding hydrogens is 393 g/mol.